The van der Waals surface area contributed by atoms with Crippen LogP contribution in [0.3, 0.4) is 0 Å². The molecule has 138 valence electrons. The number of aryl methyl sites for hydroxylation is 2. The fraction of sp³-hybridized carbons (Fsp3) is 0.263. The minimum atomic E-state index is -0.180. The van der Waals surface area contributed by atoms with E-state index in [0.29, 0.717) is 15.2 Å². The van der Waals surface area contributed by atoms with Crippen molar-refractivity contribution in [2.45, 2.75) is 26.7 Å². The van der Waals surface area contributed by atoms with E-state index >= 15 is 0 Å². The zero-order chi connectivity index (χ0) is 19.0. The van der Waals surface area contributed by atoms with Crippen LogP contribution in [0, 0.1) is 19.8 Å². The highest BCUT2D eigenvalue weighted by atomic mass is 32.2. The van der Waals surface area contributed by atoms with Crippen molar-refractivity contribution >= 4 is 57.0 Å². The van der Waals surface area contributed by atoms with Crippen molar-refractivity contribution in [1.29, 1.82) is 0 Å². The summed E-state index contributed by atoms with van der Waals surface area (Å²) in [5, 5.41) is 6.74. The molecule has 0 unspecified atom stereocenters. The molecule has 1 aromatic heterocycles. The van der Waals surface area contributed by atoms with Crippen LogP contribution in [0.5, 0.6) is 0 Å². The third-order valence-electron chi connectivity index (χ3n) is 4.20. The topological polar surface area (TPSA) is 83.4 Å². The summed E-state index contributed by atoms with van der Waals surface area (Å²) in [7, 11) is 0. The normalized spacial score (nSPS) is 19.6. The van der Waals surface area contributed by atoms with Crippen LogP contribution < -0.4 is 10.6 Å². The number of aliphatic imine (C=N–C) groups is 1. The fourth-order valence-corrected chi connectivity index (χ4v) is 4.28. The Balaban J connectivity index is 1.48. The highest BCUT2D eigenvalue weighted by molar-refractivity contribution is 8.18. The number of nitrogens with one attached hydrogen (secondary N) is 2. The Morgan fingerprint density at radius 3 is 2.93 bits per heavy atom. The number of nitrogens with zero attached hydrogens (tertiary/aromatic N) is 2. The number of benzene rings is 1. The summed E-state index contributed by atoms with van der Waals surface area (Å²) in [4.78, 5) is 34.2. The van der Waals surface area contributed by atoms with Gasteiger partial charge in [0.25, 0.3) is 5.91 Å². The van der Waals surface area contributed by atoms with Crippen molar-refractivity contribution in [3.05, 3.63) is 45.3 Å². The Kier molecular flexibility index (Phi) is 4.84. The summed E-state index contributed by atoms with van der Waals surface area (Å²) in [6.07, 6.45) is 5.34. The third kappa shape index (κ3) is 4.28. The van der Waals surface area contributed by atoms with Crippen LogP contribution in [0.15, 0.2) is 34.3 Å². The van der Waals surface area contributed by atoms with E-state index in [0.717, 1.165) is 29.0 Å². The molecule has 2 amide bonds. The molecule has 0 radical (unpaired) electrons. The molecule has 27 heavy (non-hydrogen) atoms. The minimum Gasteiger partial charge on any atom is -0.302 e. The molecule has 2 heterocycles. The Bertz CT molecular complexity index is 989. The molecule has 0 bridgehead atoms. The summed E-state index contributed by atoms with van der Waals surface area (Å²) in [5.74, 6) is -0.0178. The minimum absolute atomic E-state index is 0.0272. The predicted octanol–water partition coefficient (Wildman–Crippen LogP) is 4.00. The average molecular weight is 399 g/mol. The summed E-state index contributed by atoms with van der Waals surface area (Å²) in [5.41, 5.74) is 3.08. The molecule has 2 aliphatic rings. The van der Waals surface area contributed by atoms with Crippen LogP contribution >= 0.6 is 23.1 Å². The Labute approximate surface area is 165 Å². The molecule has 1 aromatic carbocycles. The molecule has 1 saturated heterocycles. The molecule has 0 atom stereocenters. The molecule has 2 fully saturated rings. The SMILES string of the molecule is Cc1ccc(N=C2NC(=O)C(=Cc3cnc(NC(=O)C4CC4)s3)S2)c(C)c1. The maximum absolute atomic E-state index is 12.2. The average Bonchev–Trinajstić information content (AvgIpc) is 3.30. The summed E-state index contributed by atoms with van der Waals surface area (Å²) < 4.78 is 0. The van der Waals surface area contributed by atoms with E-state index in [4.69, 9.17) is 0 Å². The van der Waals surface area contributed by atoms with Crippen LogP contribution in [-0.4, -0.2) is 22.0 Å². The first kappa shape index (κ1) is 17.9. The van der Waals surface area contributed by atoms with Crippen molar-refractivity contribution in [2.24, 2.45) is 10.9 Å². The monoisotopic (exact) mass is 398 g/mol. The number of thiazole rings is 1. The molecule has 1 aliphatic carbocycles. The van der Waals surface area contributed by atoms with Gasteiger partial charge in [-0.2, -0.15) is 0 Å². The lowest BCUT2D eigenvalue weighted by atomic mass is 10.1. The fourth-order valence-electron chi connectivity index (χ4n) is 2.61. The number of carbonyl (C=O) groups excluding carboxylic acids is 2. The molecular weight excluding hydrogens is 380 g/mol. The molecule has 6 nitrogen and oxygen atoms in total. The van der Waals surface area contributed by atoms with E-state index < -0.39 is 0 Å². The van der Waals surface area contributed by atoms with Gasteiger partial charge >= 0.3 is 0 Å². The molecule has 0 spiro atoms. The molecule has 2 aromatic rings. The van der Waals surface area contributed by atoms with E-state index in [-0.39, 0.29) is 17.7 Å². The number of amidine groups is 1. The molecule has 4 rings (SSSR count). The number of aromatic nitrogens is 1. The summed E-state index contributed by atoms with van der Waals surface area (Å²) >= 11 is 2.65. The smallest absolute Gasteiger partial charge is 0.264 e. The van der Waals surface area contributed by atoms with Gasteiger partial charge in [0.2, 0.25) is 5.91 Å². The predicted molar refractivity (Wildman–Crippen MR) is 110 cm³/mol. The third-order valence-corrected chi connectivity index (χ3v) is 5.97. The lowest BCUT2D eigenvalue weighted by Crippen LogP contribution is -2.19. The van der Waals surface area contributed by atoms with Gasteiger partial charge in [-0.05, 0) is 56.2 Å². The van der Waals surface area contributed by atoms with Crippen LogP contribution in [0.2, 0.25) is 0 Å². The maximum atomic E-state index is 12.2. The Morgan fingerprint density at radius 2 is 2.19 bits per heavy atom. The number of amides is 2. The van der Waals surface area contributed by atoms with Gasteiger partial charge in [-0.3, -0.25) is 9.59 Å². The van der Waals surface area contributed by atoms with Gasteiger partial charge in [0.1, 0.15) is 0 Å². The highest BCUT2D eigenvalue weighted by Gasteiger charge is 2.30. The van der Waals surface area contributed by atoms with E-state index in [1.54, 1.807) is 12.3 Å². The first-order valence-corrected chi connectivity index (χ1v) is 10.2. The molecule has 2 N–H and O–H groups in total. The number of anilines is 1. The summed E-state index contributed by atoms with van der Waals surface area (Å²) in [6, 6.07) is 6.01. The van der Waals surface area contributed by atoms with Crippen molar-refractivity contribution in [3.8, 4) is 0 Å². The summed E-state index contributed by atoms with van der Waals surface area (Å²) in [6.45, 7) is 4.03. The zero-order valence-electron chi connectivity index (χ0n) is 14.9. The lowest BCUT2D eigenvalue weighted by molar-refractivity contribution is -0.117. The van der Waals surface area contributed by atoms with Gasteiger partial charge in [0.05, 0.1) is 15.5 Å². The standard InChI is InChI=1S/C19H18N4O2S2/c1-10-3-6-14(11(2)7-10)21-19-23-17(25)15(27-19)8-13-9-20-18(26-13)22-16(24)12-4-5-12/h3,6-9,12H,4-5H2,1-2H3,(H,20,22,24)(H,21,23,25). The second kappa shape index (κ2) is 7.28. The highest BCUT2D eigenvalue weighted by Crippen LogP contribution is 2.33. The number of carbonyl (C=O) groups is 2. The van der Waals surface area contributed by atoms with Crippen molar-refractivity contribution in [2.75, 3.05) is 5.32 Å². The molecular formula is C19H18N4O2S2. The van der Waals surface area contributed by atoms with Gasteiger partial charge in [0.15, 0.2) is 10.3 Å². The van der Waals surface area contributed by atoms with Gasteiger partial charge in [0, 0.05) is 12.1 Å². The van der Waals surface area contributed by atoms with Crippen LogP contribution in [0.25, 0.3) is 6.08 Å². The van der Waals surface area contributed by atoms with Gasteiger partial charge in [-0.1, -0.05) is 29.0 Å². The number of thioether (sulfide) groups is 1. The van der Waals surface area contributed by atoms with Crippen LogP contribution in [0.4, 0.5) is 10.8 Å². The van der Waals surface area contributed by atoms with E-state index in [9.17, 15) is 9.59 Å². The van der Waals surface area contributed by atoms with Gasteiger partial charge in [-0.25, -0.2) is 9.98 Å². The molecule has 1 saturated carbocycles. The van der Waals surface area contributed by atoms with Gasteiger partial charge in [-0.15, -0.1) is 0 Å². The number of hydrogen-bond donors (Lipinski definition) is 2. The first-order chi connectivity index (χ1) is 13.0. The van der Waals surface area contributed by atoms with E-state index in [1.165, 1.54) is 28.7 Å². The number of rotatable bonds is 4. The second-order valence-corrected chi connectivity index (χ2v) is 8.70. The largest absolute Gasteiger partial charge is 0.302 e. The van der Waals surface area contributed by atoms with Gasteiger partial charge < -0.3 is 10.6 Å². The quantitative estimate of drug-likeness (QED) is 0.763. The van der Waals surface area contributed by atoms with Crippen molar-refractivity contribution < 1.29 is 9.59 Å². The lowest BCUT2D eigenvalue weighted by Gasteiger charge is -2.02. The number of hydrogen-bond acceptors (Lipinski definition) is 6. The van der Waals surface area contributed by atoms with Crippen LogP contribution in [-0.2, 0) is 9.59 Å². The zero-order valence-corrected chi connectivity index (χ0v) is 16.5. The Morgan fingerprint density at radius 1 is 1.37 bits per heavy atom. The van der Waals surface area contributed by atoms with Crippen molar-refractivity contribution in [3.63, 3.8) is 0 Å². The van der Waals surface area contributed by atoms with Crippen molar-refractivity contribution in [1.82, 2.24) is 10.3 Å². The van der Waals surface area contributed by atoms with Crippen LogP contribution in [0.1, 0.15) is 28.8 Å². The second-order valence-electron chi connectivity index (χ2n) is 6.60. The van der Waals surface area contributed by atoms with E-state index in [2.05, 4.69) is 26.7 Å². The Hall–Kier alpha value is -2.45. The van der Waals surface area contributed by atoms with E-state index in [1.807, 2.05) is 26.0 Å². The first-order valence-electron chi connectivity index (χ1n) is 8.61. The maximum Gasteiger partial charge on any atom is 0.264 e. The molecule has 8 heteroatoms. The molecule has 1 aliphatic heterocycles.